The first-order valence-electron chi connectivity index (χ1n) is 7.52. The van der Waals surface area contributed by atoms with Crippen molar-refractivity contribution in [2.45, 2.75) is 51.5 Å². The van der Waals surface area contributed by atoms with Crippen LogP contribution in [-0.2, 0) is 9.53 Å². The summed E-state index contributed by atoms with van der Waals surface area (Å²) in [6.07, 6.45) is 5.17. The fourth-order valence-corrected chi connectivity index (χ4v) is 2.83. The smallest absolute Gasteiger partial charge is 0.236 e. The molecule has 0 atom stereocenters. The Balaban J connectivity index is 2.19. The Morgan fingerprint density at radius 2 is 2.10 bits per heavy atom. The average Bonchev–Trinajstić information content (AvgIpc) is 3.32. The molecule has 0 spiro atoms. The molecular formula is C14H25N3O3. The van der Waals surface area contributed by atoms with Gasteiger partial charge in [0.25, 0.3) is 0 Å². The van der Waals surface area contributed by atoms with Crippen LogP contribution in [0.3, 0.4) is 0 Å². The highest BCUT2D eigenvalue weighted by Gasteiger charge is 2.49. The summed E-state index contributed by atoms with van der Waals surface area (Å²) in [5.41, 5.74) is 5.00. The van der Waals surface area contributed by atoms with Crippen LogP contribution in [0.15, 0.2) is 5.16 Å². The zero-order chi connectivity index (χ0) is 14.6. The van der Waals surface area contributed by atoms with Crippen molar-refractivity contribution in [1.82, 2.24) is 4.90 Å². The van der Waals surface area contributed by atoms with Crippen molar-refractivity contribution >= 4 is 11.7 Å². The molecule has 1 aliphatic carbocycles. The van der Waals surface area contributed by atoms with Crippen LogP contribution in [0, 0.1) is 5.41 Å². The summed E-state index contributed by atoms with van der Waals surface area (Å²) >= 11 is 0. The summed E-state index contributed by atoms with van der Waals surface area (Å²) in [6, 6.07) is 0.347. The van der Waals surface area contributed by atoms with Crippen LogP contribution in [0.2, 0.25) is 0 Å². The second-order valence-corrected chi connectivity index (χ2v) is 5.76. The van der Waals surface area contributed by atoms with E-state index in [2.05, 4.69) is 12.1 Å². The van der Waals surface area contributed by atoms with Crippen LogP contribution < -0.4 is 5.73 Å². The normalized spacial score (nSPS) is 22.6. The molecule has 0 aromatic heterocycles. The molecule has 1 saturated carbocycles. The maximum absolute atomic E-state index is 13.0. The van der Waals surface area contributed by atoms with E-state index >= 15 is 0 Å². The van der Waals surface area contributed by atoms with Crippen molar-refractivity contribution in [3.63, 3.8) is 0 Å². The minimum Gasteiger partial charge on any atom is -0.409 e. The van der Waals surface area contributed by atoms with E-state index in [0.717, 1.165) is 32.2 Å². The number of ether oxygens (including phenoxy) is 1. The number of nitrogens with zero attached hydrogens (tertiary/aromatic N) is 2. The molecule has 1 saturated heterocycles. The van der Waals surface area contributed by atoms with E-state index in [4.69, 9.17) is 15.7 Å². The third-order valence-electron chi connectivity index (χ3n) is 4.35. The summed E-state index contributed by atoms with van der Waals surface area (Å²) in [4.78, 5) is 15.0. The van der Waals surface area contributed by atoms with Crippen molar-refractivity contribution in [2.75, 3.05) is 19.8 Å². The number of unbranched alkanes of at least 4 members (excludes halogenated alkanes) is 1. The summed E-state index contributed by atoms with van der Waals surface area (Å²) in [5.74, 6) is 0.0556. The molecule has 3 N–H and O–H groups in total. The molecule has 1 amide bonds. The molecule has 1 heterocycles. The molecule has 0 aromatic rings. The molecule has 0 bridgehead atoms. The van der Waals surface area contributed by atoms with Crippen molar-refractivity contribution in [2.24, 2.45) is 16.3 Å². The quantitative estimate of drug-likeness (QED) is 0.333. The van der Waals surface area contributed by atoms with Gasteiger partial charge in [-0.2, -0.15) is 0 Å². The lowest BCUT2D eigenvalue weighted by Crippen LogP contribution is -2.54. The van der Waals surface area contributed by atoms with Crippen molar-refractivity contribution in [3.05, 3.63) is 0 Å². The molecule has 0 aromatic carbocycles. The predicted octanol–water partition coefficient (Wildman–Crippen LogP) is 1.32. The van der Waals surface area contributed by atoms with E-state index in [1.165, 1.54) is 0 Å². The Morgan fingerprint density at radius 3 is 2.60 bits per heavy atom. The van der Waals surface area contributed by atoms with E-state index in [-0.39, 0.29) is 11.7 Å². The number of amidine groups is 1. The fourth-order valence-electron chi connectivity index (χ4n) is 2.83. The topological polar surface area (TPSA) is 88.2 Å². The first kappa shape index (κ1) is 15.1. The number of carbonyl (C=O) groups is 1. The molecule has 114 valence electrons. The number of oxime groups is 1. The molecule has 0 radical (unpaired) electrons. The third kappa shape index (κ3) is 2.90. The fraction of sp³-hybridized carbons (Fsp3) is 0.857. The van der Waals surface area contributed by atoms with E-state index in [1.807, 2.05) is 4.90 Å². The van der Waals surface area contributed by atoms with Crippen molar-refractivity contribution < 1.29 is 14.7 Å². The Labute approximate surface area is 119 Å². The summed E-state index contributed by atoms with van der Waals surface area (Å²) < 4.78 is 5.34. The van der Waals surface area contributed by atoms with Gasteiger partial charge in [0.1, 0.15) is 5.41 Å². The van der Waals surface area contributed by atoms with Gasteiger partial charge in [-0.25, -0.2) is 0 Å². The molecule has 2 rings (SSSR count). The van der Waals surface area contributed by atoms with Crippen LogP contribution in [0.4, 0.5) is 0 Å². The first-order chi connectivity index (χ1) is 9.65. The lowest BCUT2D eigenvalue weighted by molar-refractivity contribution is -0.143. The number of nitrogens with two attached hydrogens (primary N) is 1. The zero-order valence-corrected chi connectivity index (χ0v) is 12.2. The van der Waals surface area contributed by atoms with Gasteiger partial charge >= 0.3 is 0 Å². The lowest BCUT2D eigenvalue weighted by atomic mass is 9.77. The van der Waals surface area contributed by atoms with Gasteiger partial charge in [-0.1, -0.05) is 18.5 Å². The maximum atomic E-state index is 13.0. The number of hydrogen-bond acceptors (Lipinski definition) is 4. The molecule has 6 nitrogen and oxygen atoms in total. The summed E-state index contributed by atoms with van der Waals surface area (Å²) in [6.45, 7) is 3.84. The second-order valence-electron chi connectivity index (χ2n) is 5.76. The van der Waals surface area contributed by atoms with Crippen LogP contribution in [0.5, 0.6) is 0 Å². The minimum absolute atomic E-state index is 0.0204. The standard InChI is InChI=1S/C14H25N3O3/c1-2-3-8-17(11-4-5-11)13(18)14(12(15)16-19)6-9-20-10-7-14/h11,19H,2-10H2,1H3,(H2,15,16). The van der Waals surface area contributed by atoms with Gasteiger partial charge < -0.3 is 20.6 Å². The maximum Gasteiger partial charge on any atom is 0.236 e. The van der Waals surface area contributed by atoms with Gasteiger partial charge in [-0.05, 0) is 32.1 Å². The van der Waals surface area contributed by atoms with Gasteiger partial charge in [0.05, 0.1) is 0 Å². The first-order valence-corrected chi connectivity index (χ1v) is 7.52. The van der Waals surface area contributed by atoms with Gasteiger partial charge in [0, 0.05) is 25.8 Å². The highest BCUT2D eigenvalue weighted by atomic mass is 16.5. The minimum atomic E-state index is -0.872. The molecule has 20 heavy (non-hydrogen) atoms. The van der Waals surface area contributed by atoms with E-state index in [0.29, 0.717) is 32.1 Å². The van der Waals surface area contributed by atoms with Crippen LogP contribution >= 0.6 is 0 Å². The molecular weight excluding hydrogens is 258 g/mol. The van der Waals surface area contributed by atoms with Crippen molar-refractivity contribution in [3.8, 4) is 0 Å². The molecule has 1 aliphatic heterocycles. The summed E-state index contributed by atoms with van der Waals surface area (Å²) in [7, 11) is 0. The van der Waals surface area contributed by atoms with Gasteiger partial charge in [-0.15, -0.1) is 0 Å². The molecule has 6 heteroatoms. The second kappa shape index (κ2) is 6.43. The van der Waals surface area contributed by atoms with Gasteiger partial charge in [0.15, 0.2) is 5.84 Å². The van der Waals surface area contributed by atoms with Crippen molar-refractivity contribution in [1.29, 1.82) is 0 Å². The predicted molar refractivity (Wildman–Crippen MR) is 75.5 cm³/mol. The van der Waals surface area contributed by atoms with Crippen LogP contribution in [0.25, 0.3) is 0 Å². The highest BCUT2D eigenvalue weighted by Crippen LogP contribution is 2.37. The molecule has 2 fully saturated rings. The highest BCUT2D eigenvalue weighted by molar-refractivity contribution is 6.07. The summed E-state index contributed by atoms with van der Waals surface area (Å²) in [5, 5.41) is 12.2. The monoisotopic (exact) mass is 283 g/mol. The Bertz CT molecular complexity index is 374. The van der Waals surface area contributed by atoms with Crippen LogP contribution in [0.1, 0.15) is 45.4 Å². The largest absolute Gasteiger partial charge is 0.409 e. The van der Waals surface area contributed by atoms with E-state index in [9.17, 15) is 4.79 Å². The number of rotatable bonds is 6. The molecule has 2 aliphatic rings. The van der Waals surface area contributed by atoms with Crippen LogP contribution in [-0.4, -0.2) is 47.7 Å². The Morgan fingerprint density at radius 1 is 1.45 bits per heavy atom. The SMILES string of the molecule is CCCCN(C(=O)C1(C(N)=NO)CCOCC1)C1CC1. The van der Waals surface area contributed by atoms with E-state index in [1.54, 1.807) is 0 Å². The molecule has 0 unspecified atom stereocenters. The number of hydrogen-bond donors (Lipinski definition) is 2. The average molecular weight is 283 g/mol. The van der Waals surface area contributed by atoms with Gasteiger partial charge in [-0.3, -0.25) is 4.79 Å². The van der Waals surface area contributed by atoms with Gasteiger partial charge in [0.2, 0.25) is 5.91 Å². The van der Waals surface area contributed by atoms with E-state index < -0.39 is 5.41 Å². The number of carbonyl (C=O) groups excluding carboxylic acids is 1. The zero-order valence-electron chi connectivity index (χ0n) is 12.2. The Kier molecular flexibility index (Phi) is 4.86. The lowest BCUT2D eigenvalue weighted by Gasteiger charge is -2.38. The Hall–Kier alpha value is -1.30. The third-order valence-corrected chi connectivity index (χ3v) is 4.35. The number of amides is 1.